The van der Waals surface area contributed by atoms with Gasteiger partial charge in [-0.25, -0.2) is 0 Å². The fourth-order valence-corrected chi connectivity index (χ4v) is 1.83. The first-order valence-corrected chi connectivity index (χ1v) is 6.58. The number of aryl methyl sites for hydroxylation is 1. The summed E-state index contributed by atoms with van der Waals surface area (Å²) in [5.41, 5.74) is 4.64. The molecule has 0 aliphatic carbocycles. The van der Waals surface area contributed by atoms with Gasteiger partial charge in [-0.1, -0.05) is 23.7 Å². The molecule has 0 atom stereocenters. The van der Waals surface area contributed by atoms with E-state index >= 15 is 0 Å². The Morgan fingerprint density at radius 3 is 2.57 bits per heavy atom. The van der Waals surface area contributed by atoms with Crippen LogP contribution in [0.2, 0.25) is 5.02 Å². The summed E-state index contributed by atoms with van der Waals surface area (Å²) in [7, 11) is 0. The molecule has 104 valence electrons. The highest BCUT2D eigenvalue weighted by Crippen LogP contribution is 2.12. The second-order valence-electron chi connectivity index (χ2n) is 4.39. The minimum absolute atomic E-state index is 0.209. The zero-order valence-electron chi connectivity index (χ0n) is 11.3. The summed E-state index contributed by atoms with van der Waals surface area (Å²) in [4.78, 5) is 12.1. The van der Waals surface area contributed by atoms with Crippen LogP contribution in [0.3, 0.4) is 0 Å². The molecule has 2 aromatic rings. The number of carbonyl (C=O) groups is 1. The first kappa shape index (κ1) is 14.8. The second-order valence-corrected chi connectivity index (χ2v) is 4.83. The highest BCUT2D eigenvalue weighted by molar-refractivity contribution is 6.51. The first-order chi connectivity index (χ1) is 10.1. The van der Waals surface area contributed by atoms with E-state index in [0.29, 0.717) is 16.3 Å². The summed E-state index contributed by atoms with van der Waals surface area (Å²) in [6.45, 7) is 1.94. The molecule has 0 saturated carbocycles. The minimum Gasteiger partial charge on any atom is -0.286 e. The summed E-state index contributed by atoms with van der Waals surface area (Å²) in [5.74, 6) is -0.450. The van der Waals surface area contributed by atoms with Gasteiger partial charge < -0.3 is 0 Å². The number of anilines is 1. The summed E-state index contributed by atoms with van der Waals surface area (Å²) in [6.07, 6.45) is 0. The Hall–Kier alpha value is -2.64. The van der Waals surface area contributed by atoms with Crippen molar-refractivity contribution in [3.05, 3.63) is 64.7 Å². The number of ketones is 1. The number of hydrazone groups is 1. The second kappa shape index (κ2) is 6.69. The molecule has 5 heteroatoms. The van der Waals surface area contributed by atoms with Gasteiger partial charge in [-0.15, -0.1) is 0 Å². The van der Waals surface area contributed by atoms with Crippen LogP contribution >= 0.6 is 11.6 Å². The molecule has 0 fully saturated rings. The summed E-state index contributed by atoms with van der Waals surface area (Å²) in [5, 5.41) is 13.5. The van der Waals surface area contributed by atoms with Crippen LogP contribution in [0.4, 0.5) is 5.69 Å². The number of hydrogen-bond donors (Lipinski definition) is 1. The summed E-state index contributed by atoms with van der Waals surface area (Å²) in [6, 6.07) is 15.6. The molecule has 2 rings (SSSR count). The average Bonchev–Trinajstić information content (AvgIpc) is 2.48. The summed E-state index contributed by atoms with van der Waals surface area (Å²) >= 11 is 5.77. The van der Waals surface area contributed by atoms with Crippen LogP contribution < -0.4 is 5.43 Å². The number of carbonyl (C=O) groups excluding carboxylic acids is 1. The van der Waals surface area contributed by atoms with E-state index in [0.717, 1.165) is 5.56 Å². The quantitative estimate of drug-likeness (QED) is 0.530. The van der Waals surface area contributed by atoms with E-state index in [1.54, 1.807) is 36.4 Å². The van der Waals surface area contributed by atoms with Crippen LogP contribution in [0.25, 0.3) is 0 Å². The zero-order chi connectivity index (χ0) is 15.2. The minimum atomic E-state index is -0.450. The van der Waals surface area contributed by atoms with Gasteiger partial charge in [0.05, 0.1) is 5.69 Å². The number of rotatable bonds is 4. The van der Waals surface area contributed by atoms with Crippen LogP contribution in [0.5, 0.6) is 0 Å². The molecule has 0 radical (unpaired) electrons. The molecule has 21 heavy (non-hydrogen) atoms. The Balaban J connectivity index is 2.19. The third kappa shape index (κ3) is 3.91. The molecule has 0 heterocycles. The average molecular weight is 298 g/mol. The van der Waals surface area contributed by atoms with Gasteiger partial charge in [0.15, 0.2) is 0 Å². The number of nitrogens with one attached hydrogen (secondary N) is 1. The molecule has 0 aliphatic rings. The fourth-order valence-electron chi connectivity index (χ4n) is 1.70. The predicted molar refractivity (Wildman–Crippen MR) is 83.6 cm³/mol. The van der Waals surface area contributed by atoms with Crippen molar-refractivity contribution in [3.8, 4) is 6.07 Å². The van der Waals surface area contributed by atoms with E-state index in [1.807, 2.05) is 25.1 Å². The number of Topliss-reactive ketones (excluding diaryl/α,β-unsaturated/α-hetero) is 1. The highest BCUT2D eigenvalue weighted by Gasteiger charge is 2.13. The van der Waals surface area contributed by atoms with E-state index in [2.05, 4.69) is 10.5 Å². The van der Waals surface area contributed by atoms with Gasteiger partial charge in [-0.05, 0) is 48.9 Å². The van der Waals surface area contributed by atoms with E-state index in [4.69, 9.17) is 16.9 Å². The molecule has 0 saturated heterocycles. The number of nitrogens with zero attached hydrogens (tertiary/aromatic N) is 2. The molecule has 4 nitrogen and oxygen atoms in total. The van der Waals surface area contributed by atoms with Crippen molar-refractivity contribution in [3.63, 3.8) is 0 Å². The van der Waals surface area contributed by atoms with Gasteiger partial charge in [0, 0.05) is 10.6 Å². The molecule has 0 spiro atoms. The standard InChI is InChI=1S/C16H12ClN3O/c1-11-3-2-4-14(9-11)19-20-15(10-18)16(21)12-5-7-13(17)8-6-12/h2-9,19H,1H3/b20-15-. The van der Waals surface area contributed by atoms with Crippen molar-refractivity contribution >= 4 is 28.8 Å². The largest absolute Gasteiger partial charge is 0.286 e. The van der Waals surface area contributed by atoms with Gasteiger partial charge in [-0.2, -0.15) is 10.4 Å². The van der Waals surface area contributed by atoms with Crippen LogP contribution in [0.1, 0.15) is 15.9 Å². The topological polar surface area (TPSA) is 65.2 Å². The lowest BCUT2D eigenvalue weighted by molar-refractivity contribution is 0.106. The Morgan fingerprint density at radius 1 is 1.24 bits per heavy atom. The monoisotopic (exact) mass is 297 g/mol. The molecule has 2 aromatic carbocycles. The molecular weight excluding hydrogens is 286 g/mol. The maximum absolute atomic E-state index is 12.1. The molecule has 0 aromatic heterocycles. The van der Waals surface area contributed by atoms with Crippen molar-refractivity contribution < 1.29 is 4.79 Å². The van der Waals surface area contributed by atoms with Crippen molar-refractivity contribution in [2.75, 3.05) is 5.43 Å². The van der Waals surface area contributed by atoms with Gasteiger partial charge in [0.25, 0.3) is 0 Å². The molecular formula is C16H12ClN3O. The number of halogens is 1. The Kier molecular flexibility index (Phi) is 4.70. The molecule has 0 amide bonds. The van der Waals surface area contributed by atoms with Crippen molar-refractivity contribution in [2.24, 2.45) is 5.10 Å². The SMILES string of the molecule is Cc1cccc(N/N=C(/C#N)C(=O)c2ccc(Cl)cc2)c1. The number of benzene rings is 2. The van der Waals surface area contributed by atoms with Crippen LogP contribution in [-0.2, 0) is 0 Å². The van der Waals surface area contributed by atoms with Crippen molar-refractivity contribution in [2.45, 2.75) is 6.92 Å². The normalized spacial score (nSPS) is 10.8. The third-order valence-corrected chi connectivity index (χ3v) is 2.99. The molecule has 0 bridgehead atoms. The Labute approximate surface area is 127 Å². The highest BCUT2D eigenvalue weighted by atomic mass is 35.5. The van der Waals surface area contributed by atoms with Gasteiger partial charge in [-0.3, -0.25) is 10.2 Å². The van der Waals surface area contributed by atoms with E-state index < -0.39 is 5.78 Å². The van der Waals surface area contributed by atoms with E-state index in [9.17, 15) is 4.79 Å². The maximum Gasteiger partial charge on any atom is 0.223 e. The van der Waals surface area contributed by atoms with Crippen molar-refractivity contribution in [1.29, 1.82) is 5.26 Å². The Morgan fingerprint density at radius 2 is 1.95 bits per heavy atom. The fraction of sp³-hybridized carbons (Fsp3) is 0.0625. The molecule has 0 unspecified atom stereocenters. The van der Waals surface area contributed by atoms with E-state index in [1.165, 1.54) is 0 Å². The Bertz CT molecular complexity index is 730. The molecule has 0 aliphatic heterocycles. The van der Waals surface area contributed by atoms with Crippen LogP contribution in [0, 0.1) is 18.3 Å². The van der Waals surface area contributed by atoms with Gasteiger partial charge in [0.2, 0.25) is 11.5 Å². The van der Waals surface area contributed by atoms with Crippen molar-refractivity contribution in [1.82, 2.24) is 0 Å². The maximum atomic E-state index is 12.1. The smallest absolute Gasteiger partial charge is 0.223 e. The number of hydrogen-bond acceptors (Lipinski definition) is 4. The zero-order valence-corrected chi connectivity index (χ0v) is 12.1. The number of nitriles is 1. The lowest BCUT2D eigenvalue weighted by Gasteiger charge is -2.03. The van der Waals surface area contributed by atoms with Crippen LogP contribution in [-0.4, -0.2) is 11.5 Å². The third-order valence-electron chi connectivity index (χ3n) is 2.74. The van der Waals surface area contributed by atoms with Gasteiger partial charge in [0.1, 0.15) is 6.07 Å². The van der Waals surface area contributed by atoms with E-state index in [-0.39, 0.29) is 5.71 Å². The predicted octanol–water partition coefficient (Wildman–Crippen LogP) is 3.82. The first-order valence-electron chi connectivity index (χ1n) is 6.21. The molecule has 1 N–H and O–H groups in total. The lowest BCUT2D eigenvalue weighted by Crippen LogP contribution is -2.14. The lowest BCUT2D eigenvalue weighted by atomic mass is 10.1. The summed E-state index contributed by atoms with van der Waals surface area (Å²) < 4.78 is 0. The van der Waals surface area contributed by atoms with Gasteiger partial charge >= 0.3 is 0 Å². The van der Waals surface area contributed by atoms with Crippen LogP contribution in [0.15, 0.2) is 53.6 Å².